The number of hydrogen-bond donors (Lipinski definition) is 0. The Bertz CT molecular complexity index is 403. The predicted octanol–water partition coefficient (Wildman–Crippen LogP) is 2.74. The lowest BCUT2D eigenvalue weighted by atomic mass is 9.67. The van der Waals surface area contributed by atoms with E-state index >= 15 is 0 Å². The molecule has 0 amide bonds. The van der Waals surface area contributed by atoms with Crippen LogP contribution >= 0.6 is 0 Å². The second-order valence-electron chi connectivity index (χ2n) is 6.37. The van der Waals surface area contributed by atoms with Gasteiger partial charge in [-0.3, -0.25) is 4.79 Å². The number of carbonyl (C=O) groups is 1. The van der Waals surface area contributed by atoms with Gasteiger partial charge in [-0.1, -0.05) is 38.8 Å². The summed E-state index contributed by atoms with van der Waals surface area (Å²) in [7, 11) is 1.79. The summed E-state index contributed by atoms with van der Waals surface area (Å²) in [6.07, 6.45) is 9.09. The number of rotatable bonds is 2. The third-order valence-electron chi connectivity index (χ3n) is 5.52. The topological polar surface area (TPSA) is 35.5 Å². The molecule has 106 valence electrons. The van der Waals surface area contributed by atoms with Crippen molar-refractivity contribution in [1.29, 1.82) is 0 Å². The molecule has 0 aromatic rings. The second kappa shape index (κ2) is 4.71. The van der Waals surface area contributed by atoms with Crippen LogP contribution in [0.5, 0.6) is 0 Å². The lowest BCUT2D eigenvalue weighted by molar-refractivity contribution is -0.184. The van der Waals surface area contributed by atoms with Crippen molar-refractivity contribution in [2.75, 3.05) is 7.11 Å². The maximum Gasteiger partial charge on any atom is 0.144 e. The van der Waals surface area contributed by atoms with E-state index in [1.165, 1.54) is 12.8 Å². The predicted molar refractivity (Wildman–Crippen MR) is 72.8 cm³/mol. The van der Waals surface area contributed by atoms with Crippen molar-refractivity contribution < 1.29 is 14.3 Å². The molecule has 6 atom stereocenters. The lowest BCUT2D eigenvalue weighted by Gasteiger charge is -2.49. The van der Waals surface area contributed by atoms with E-state index in [-0.39, 0.29) is 24.0 Å². The summed E-state index contributed by atoms with van der Waals surface area (Å²) in [5.41, 5.74) is -0.407. The van der Waals surface area contributed by atoms with E-state index in [2.05, 4.69) is 12.2 Å². The largest absolute Gasteiger partial charge is 0.381 e. The highest BCUT2D eigenvalue weighted by molar-refractivity contribution is 5.86. The molecule has 0 radical (unpaired) electrons. The van der Waals surface area contributed by atoms with Crippen LogP contribution in [-0.4, -0.2) is 30.7 Å². The molecule has 2 aliphatic heterocycles. The van der Waals surface area contributed by atoms with Gasteiger partial charge in [0.15, 0.2) is 0 Å². The van der Waals surface area contributed by atoms with Gasteiger partial charge in [0.2, 0.25) is 0 Å². The Morgan fingerprint density at radius 2 is 2.05 bits per heavy atom. The number of ether oxygens (including phenoxy) is 2. The maximum atomic E-state index is 12.5. The smallest absolute Gasteiger partial charge is 0.144 e. The van der Waals surface area contributed by atoms with Gasteiger partial charge < -0.3 is 9.47 Å². The van der Waals surface area contributed by atoms with Crippen LogP contribution in [0.2, 0.25) is 0 Å². The van der Waals surface area contributed by atoms with E-state index in [4.69, 9.17) is 9.47 Å². The highest BCUT2D eigenvalue weighted by atomic mass is 16.5. The first-order valence-corrected chi connectivity index (χ1v) is 7.54. The minimum Gasteiger partial charge on any atom is -0.381 e. The average molecular weight is 264 g/mol. The van der Waals surface area contributed by atoms with Crippen LogP contribution in [-0.2, 0) is 14.3 Å². The Balaban J connectivity index is 1.94. The van der Waals surface area contributed by atoms with Crippen molar-refractivity contribution in [1.82, 2.24) is 0 Å². The van der Waals surface area contributed by atoms with Crippen molar-refractivity contribution >= 4 is 5.78 Å². The summed E-state index contributed by atoms with van der Waals surface area (Å²) >= 11 is 0. The molecule has 1 saturated heterocycles. The Hall–Kier alpha value is -0.670. The van der Waals surface area contributed by atoms with Gasteiger partial charge in [-0.2, -0.15) is 0 Å². The van der Waals surface area contributed by atoms with Crippen LogP contribution < -0.4 is 0 Å². The molecule has 3 nitrogen and oxygen atoms in total. The molecular formula is C16H24O3. The Labute approximate surface area is 115 Å². The number of carbonyl (C=O) groups excluding carboxylic acids is 1. The summed E-state index contributed by atoms with van der Waals surface area (Å²) in [4.78, 5) is 12.5. The number of methoxy groups -OCH3 is 1. The first-order valence-electron chi connectivity index (χ1n) is 7.54. The fourth-order valence-electron chi connectivity index (χ4n) is 4.28. The summed E-state index contributed by atoms with van der Waals surface area (Å²) < 4.78 is 12.0. The normalized spacial score (nSPS) is 49.6. The van der Waals surface area contributed by atoms with Crippen LogP contribution in [0.15, 0.2) is 12.2 Å². The van der Waals surface area contributed by atoms with E-state index in [1.807, 2.05) is 13.8 Å². The SMILES string of the molecule is CO[C@@H]1CCCC[C@@H]1[C@@]12C=C[C@H](O1)[C@H](C)C(=O)[C@@H]2C. The molecule has 19 heavy (non-hydrogen) atoms. The van der Waals surface area contributed by atoms with E-state index < -0.39 is 5.60 Å². The molecule has 2 bridgehead atoms. The molecule has 0 aromatic carbocycles. The molecular weight excluding hydrogens is 240 g/mol. The minimum atomic E-state index is -0.407. The molecule has 2 heterocycles. The third kappa shape index (κ3) is 1.82. The number of hydrogen-bond acceptors (Lipinski definition) is 3. The van der Waals surface area contributed by atoms with Crippen LogP contribution in [0.25, 0.3) is 0 Å². The molecule has 3 aliphatic rings. The zero-order valence-electron chi connectivity index (χ0n) is 12.1. The summed E-state index contributed by atoms with van der Waals surface area (Å²) in [6.45, 7) is 4.02. The van der Waals surface area contributed by atoms with Crippen molar-refractivity contribution in [3.05, 3.63) is 12.2 Å². The number of ketones is 1. The molecule has 1 saturated carbocycles. The molecule has 0 unspecified atom stereocenters. The van der Waals surface area contributed by atoms with Gasteiger partial charge in [0, 0.05) is 24.9 Å². The van der Waals surface area contributed by atoms with Gasteiger partial charge in [-0.25, -0.2) is 0 Å². The highest BCUT2D eigenvalue weighted by Crippen LogP contribution is 2.50. The van der Waals surface area contributed by atoms with Gasteiger partial charge >= 0.3 is 0 Å². The second-order valence-corrected chi connectivity index (χ2v) is 6.37. The van der Waals surface area contributed by atoms with E-state index in [0.717, 1.165) is 12.8 Å². The van der Waals surface area contributed by atoms with Crippen LogP contribution in [0, 0.1) is 17.8 Å². The quantitative estimate of drug-likeness (QED) is 0.719. The van der Waals surface area contributed by atoms with E-state index in [9.17, 15) is 4.79 Å². The van der Waals surface area contributed by atoms with Crippen LogP contribution in [0.3, 0.4) is 0 Å². The first-order chi connectivity index (χ1) is 9.10. The Morgan fingerprint density at radius 1 is 1.32 bits per heavy atom. The van der Waals surface area contributed by atoms with Crippen molar-refractivity contribution in [2.24, 2.45) is 17.8 Å². The monoisotopic (exact) mass is 264 g/mol. The number of fused-ring (bicyclic) bond motifs is 2. The van der Waals surface area contributed by atoms with Gasteiger partial charge in [-0.15, -0.1) is 0 Å². The van der Waals surface area contributed by atoms with Gasteiger partial charge in [0.25, 0.3) is 0 Å². The Kier molecular flexibility index (Phi) is 3.30. The Morgan fingerprint density at radius 3 is 2.79 bits per heavy atom. The van der Waals surface area contributed by atoms with Crippen LogP contribution in [0.1, 0.15) is 39.5 Å². The van der Waals surface area contributed by atoms with Crippen molar-refractivity contribution in [2.45, 2.75) is 57.3 Å². The summed E-state index contributed by atoms with van der Waals surface area (Å²) in [6, 6.07) is 0. The molecule has 0 spiro atoms. The molecule has 1 aliphatic carbocycles. The maximum absolute atomic E-state index is 12.5. The molecule has 3 heteroatoms. The zero-order chi connectivity index (χ0) is 13.6. The highest BCUT2D eigenvalue weighted by Gasteiger charge is 2.57. The molecule has 2 fully saturated rings. The van der Waals surface area contributed by atoms with Crippen molar-refractivity contribution in [3.63, 3.8) is 0 Å². The van der Waals surface area contributed by atoms with Crippen molar-refractivity contribution in [3.8, 4) is 0 Å². The average Bonchev–Trinajstić information content (AvgIpc) is 2.87. The third-order valence-corrected chi connectivity index (χ3v) is 5.52. The fraction of sp³-hybridized carbons (Fsp3) is 0.812. The number of Topliss-reactive ketones (excluding diaryl/α,β-unsaturated/α-hetero) is 1. The van der Waals surface area contributed by atoms with Gasteiger partial charge in [0.1, 0.15) is 11.4 Å². The van der Waals surface area contributed by atoms with E-state index in [0.29, 0.717) is 11.7 Å². The molecule has 3 rings (SSSR count). The zero-order valence-corrected chi connectivity index (χ0v) is 12.1. The molecule has 0 N–H and O–H groups in total. The van der Waals surface area contributed by atoms with E-state index in [1.54, 1.807) is 7.11 Å². The minimum absolute atomic E-state index is 0.00791. The summed E-state index contributed by atoms with van der Waals surface area (Å²) in [5.74, 6) is 0.602. The molecule has 0 aromatic heterocycles. The standard InChI is InChI=1S/C16H24O3/c1-10-13-8-9-16(19-13,11(2)15(10)17)12-6-4-5-7-14(12)18-3/h8-14H,4-7H2,1-3H3/t10-,11-,12-,13-,14+,16-/m0/s1. The summed E-state index contributed by atoms with van der Waals surface area (Å²) in [5, 5.41) is 0. The fourth-order valence-corrected chi connectivity index (χ4v) is 4.28. The van der Waals surface area contributed by atoms with Crippen LogP contribution in [0.4, 0.5) is 0 Å². The first kappa shape index (κ1) is 13.3. The van der Waals surface area contributed by atoms with Gasteiger partial charge in [-0.05, 0) is 12.8 Å². The van der Waals surface area contributed by atoms with Gasteiger partial charge in [0.05, 0.1) is 12.2 Å². The lowest BCUT2D eigenvalue weighted by Crippen LogP contribution is -2.57.